The second kappa shape index (κ2) is 4.22. The van der Waals surface area contributed by atoms with Crippen LogP contribution in [0.25, 0.3) is 0 Å². The lowest BCUT2D eigenvalue weighted by molar-refractivity contribution is 0.473. The Morgan fingerprint density at radius 3 is 2.53 bits per heavy atom. The predicted molar refractivity (Wildman–Crippen MR) is 58.9 cm³/mol. The molecule has 1 heterocycles. The lowest BCUT2D eigenvalue weighted by Crippen LogP contribution is -2.29. The normalized spacial score (nSPS) is 16.1. The number of rotatable bonds is 1. The average Bonchev–Trinajstić information content (AvgIpc) is 2.30. The third kappa shape index (κ3) is 2.04. The van der Waals surface area contributed by atoms with Crippen molar-refractivity contribution in [2.24, 2.45) is 0 Å². The third-order valence-corrected chi connectivity index (χ3v) is 2.82. The molecule has 0 spiro atoms. The highest BCUT2D eigenvalue weighted by Crippen LogP contribution is 2.26. The van der Waals surface area contributed by atoms with Crippen LogP contribution in [0.4, 0.5) is 5.69 Å². The van der Waals surface area contributed by atoms with Crippen LogP contribution in [-0.4, -0.2) is 18.2 Å². The SMILES string of the molecule is N#Cc1ccc(N2CCCCC2)cc1O. The molecule has 0 unspecified atom stereocenters. The predicted octanol–water partition coefficient (Wildman–Crippen LogP) is 2.25. The molecule has 0 bridgehead atoms. The van der Waals surface area contributed by atoms with Gasteiger partial charge in [0.15, 0.2) is 0 Å². The Balaban J connectivity index is 2.22. The average molecular weight is 202 g/mol. The molecule has 1 aromatic carbocycles. The van der Waals surface area contributed by atoms with Gasteiger partial charge in [-0.3, -0.25) is 0 Å². The largest absolute Gasteiger partial charge is 0.506 e. The summed E-state index contributed by atoms with van der Waals surface area (Å²) in [4.78, 5) is 2.25. The molecule has 0 radical (unpaired) electrons. The molecule has 2 rings (SSSR count). The maximum absolute atomic E-state index is 9.57. The first-order valence-electron chi connectivity index (χ1n) is 5.29. The van der Waals surface area contributed by atoms with Crippen LogP contribution in [0.1, 0.15) is 24.8 Å². The Kier molecular flexibility index (Phi) is 2.77. The third-order valence-electron chi connectivity index (χ3n) is 2.82. The van der Waals surface area contributed by atoms with Gasteiger partial charge < -0.3 is 10.0 Å². The topological polar surface area (TPSA) is 47.3 Å². The van der Waals surface area contributed by atoms with E-state index in [0.717, 1.165) is 18.8 Å². The molecule has 0 saturated carbocycles. The van der Waals surface area contributed by atoms with Gasteiger partial charge in [0.2, 0.25) is 0 Å². The van der Waals surface area contributed by atoms with Crippen LogP contribution in [0.2, 0.25) is 0 Å². The molecule has 1 aromatic rings. The van der Waals surface area contributed by atoms with E-state index >= 15 is 0 Å². The van der Waals surface area contributed by atoms with Crippen LogP contribution >= 0.6 is 0 Å². The van der Waals surface area contributed by atoms with Gasteiger partial charge in [0, 0.05) is 24.8 Å². The summed E-state index contributed by atoms with van der Waals surface area (Å²) in [5.41, 5.74) is 1.36. The number of nitrogens with zero attached hydrogens (tertiary/aromatic N) is 2. The van der Waals surface area contributed by atoms with Crippen LogP contribution in [0.3, 0.4) is 0 Å². The highest BCUT2D eigenvalue weighted by atomic mass is 16.3. The van der Waals surface area contributed by atoms with Gasteiger partial charge in [0.05, 0.1) is 5.56 Å². The summed E-state index contributed by atoms with van der Waals surface area (Å²) in [6.45, 7) is 2.09. The number of anilines is 1. The van der Waals surface area contributed by atoms with E-state index in [1.807, 2.05) is 12.1 Å². The first-order valence-corrected chi connectivity index (χ1v) is 5.29. The van der Waals surface area contributed by atoms with Crippen LogP contribution in [0.15, 0.2) is 18.2 Å². The zero-order valence-electron chi connectivity index (χ0n) is 8.61. The quantitative estimate of drug-likeness (QED) is 0.759. The molecule has 15 heavy (non-hydrogen) atoms. The second-order valence-corrected chi connectivity index (χ2v) is 3.86. The van der Waals surface area contributed by atoms with Crippen molar-refractivity contribution in [3.05, 3.63) is 23.8 Å². The molecule has 1 aliphatic heterocycles. The number of benzene rings is 1. The van der Waals surface area contributed by atoms with Crippen LogP contribution in [0.5, 0.6) is 5.75 Å². The minimum atomic E-state index is 0.0839. The number of hydrogen-bond acceptors (Lipinski definition) is 3. The number of aromatic hydroxyl groups is 1. The Hall–Kier alpha value is -1.69. The number of nitriles is 1. The van der Waals surface area contributed by atoms with E-state index < -0.39 is 0 Å². The number of phenolic OH excluding ortho intramolecular Hbond substituents is 1. The highest BCUT2D eigenvalue weighted by molar-refractivity contribution is 5.56. The van der Waals surface area contributed by atoms with Crippen LogP contribution in [0, 0.1) is 11.3 Å². The van der Waals surface area contributed by atoms with Crippen molar-refractivity contribution < 1.29 is 5.11 Å². The van der Waals surface area contributed by atoms with E-state index in [-0.39, 0.29) is 5.75 Å². The van der Waals surface area contributed by atoms with Crippen LogP contribution in [-0.2, 0) is 0 Å². The van der Waals surface area contributed by atoms with Gasteiger partial charge >= 0.3 is 0 Å². The monoisotopic (exact) mass is 202 g/mol. The molecule has 1 saturated heterocycles. The number of phenols is 1. The van der Waals surface area contributed by atoms with Crippen molar-refractivity contribution in [1.82, 2.24) is 0 Å². The summed E-state index contributed by atoms with van der Waals surface area (Å²) in [6, 6.07) is 7.23. The van der Waals surface area contributed by atoms with Gasteiger partial charge in [-0.05, 0) is 31.4 Å². The maximum Gasteiger partial charge on any atom is 0.135 e. The van der Waals surface area contributed by atoms with E-state index in [9.17, 15) is 5.11 Å². The summed E-state index contributed by atoms with van der Waals surface area (Å²) in [5, 5.41) is 18.3. The number of hydrogen-bond donors (Lipinski definition) is 1. The fourth-order valence-electron chi connectivity index (χ4n) is 1.96. The molecule has 3 heteroatoms. The molecule has 78 valence electrons. The van der Waals surface area contributed by atoms with Gasteiger partial charge in [-0.2, -0.15) is 5.26 Å². The fourth-order valence-corrected chi connectivity index (χ4v) is 1.96. The maximum atomic E-state index is 9.57. The summed E-state index contributed by atoms with van der Waals surface area (Å²) >= 11 is 0. The van der Waals surface area contributed by atoms with E-state index in [0.29, 0.717) is 5.56 Å². The summed E-state index contributed by atoms with van der Waals surface area (Å²) in [7, 11) is 0. The highest BCUT2D eigenvalue weighted by Gasteiger charge is 2.12. The van der Waals surface area contributed by atoms with Gasteiger partial charge in [-0.15, -0.1) is 0 Å². The second-order valence-electron chi connectivity index (χ2n) is 3.86. The van der Waals surface area contributed by atoms with Gasteiger partial charge in [-0.25, -0.2) is 0 Å². The molecule has 1 fully saturated rings. The fraction of sp³-hybridized carbons (Fsp3) is 0.417. The van der Waals surface area contributed by atoms with Gasteiger partial charge in [0.25, 0.3) is 0 Å². The van der Waals surface area contributed by atoms with Crippen molar-refractivity contribution in [3.63, 3.8) is 0 Å². The lowest BCUT2D eigenvalue weighted by atomic mass is 10.1. The Labute approximate surface area is 89.6 Å². The van der Waals surface area contributed by atoms with E-state index in [1.165, 1.54) is 19.3 Å². The van der Waals surface area contributed by atoms with Gasteiger partial charge in [-0.1, -0.05) is 0 Å². The molecule has 0 aromatic heterocycles. The Morgan fingerprint density at radius 1 is 1.20 bits per heavy atom. The lowest BCUT2D eigenvalue weighted by Gasteiger charge is -2.28. The van der Waals surface area contributed by atoms with Crippen molar-refractivity contribution >= 4 is 5.69 Å². The Morgan fingerprint density at radius 2 is 1.93 bits per heavy atom. The standard InChI is InChI=1S/C12H14N2O/c13-9-10-4-5-11(8-12(10)15)14-6-2-1-3-7-14/h4-5,8,15H,1-3,6-7H2. The summed E-state index contributed by atoms with van der Waals surface area (Å²) < 4.78 is 0. The molecule has 1 N–H and O–H groups in total. The zero-order chi connectivity index (χ0) is 10.7. The molecular formula is C12H14N2O. The summed E-state index contributed by atoms with van der Waals surface area (Å²) in [5.74, 6) is 0.0839. The molecule has 0 amide bonds. The van der Waals surface area contributed by atoms with E-state index in [2.05, 4.69) is 4.90 Å². The van der Waals surface area contributed by atoms with Crippen molar-refractivity contribution in [2.75, 3.05) is 18.0 Å². The van der Waals surface area contributed by atoms with Gasteiger partial charge in [0.1, 0.15) is 11.8 Å². The summed E-state index contributed by atoms with van der Waals surface area (Å²) in [6.07, 6.45) is 3.71. The molecule has 3 nitrogen and oxygen atoms in total. The molecule has 1 aliphatic rings. The number of piperidine rings is 1. The van der Waals surface area contributed by atoms with Crippen molar-refractivity contribution in [1.29, 1.82) is 5.26 Å². The van der Waals surface area contributed by atoms with E-state index in [1.54, 1.807) is 12.1 Å². The van der Waals surface area contributed by atoms with Crippen molar-refractivity contribution in [2.45, 2.75) is 19.3 Å². The van der Waals surface area contributed by atoms with Crippen LogP contribution < -0.4 is 4.90 Å². The van der Waals surface area contributed by atoms with Crippen molar-refractivity contribution in [3.8, 4) is 11.8 Å². The first kappa shape index (κ1) is 9.85. The smallest absolute Gasteiger partial charge is 0.135 e. The molecular weight excluding hydrogens is 188 g/mol. The Bertz CT molecular complexity index is 389. The molecule has 0 atom stereocenters. The molecule has 0 aliphatic carbocycles. The minimum absolute atomic E-state index is 0.0839. The minimum Gasteiger partial charge on any atom is -0.506 e. The first-order chi connectivity index (χ1) is 7.31. The zero-order valence-corrected chi connectivity index (χ0v) is 8.61. The van der Waals surface area contributed by atoms with E-state index in [4.69, 9.17) is 5.26 Å².